The number of para-hydroxylation sites is 1. The lowest BCUT2D eigenvalue weighted by atomic mass is 10.1. The molecule has 0 bridgehead atoms. The number of carbonyl (C=O) groups is 1. The number of fused-ring (bicyclic) bond motifs is 2. The lowest BCUT2D eigenvalue weighted by Gasteiger charge is -2.23. The van der Waals surface area contributed by atoms with Gasteiger partial charge in [-0.15, -0.1) is 0 Å². The Morgan fingerprint density at radius 1 is 1.23 bits per heavy atom. The van der Waals surface area contributed by atoms with Crippen LogP contribution in [-0.2, 0) is 17.8 Å². The molecule has 1 N–H and O–H groups in total. The Morgan fingerprint density at radius 2 is 2.00 bits per heavy atom. The highest BCUT2D eigenvalue weighted by molar-refractivity contribution is 5.96. The van der Waals surface area contributed by atoms with Gasteiger partial charge in [-0.2, -0.15) is 0 Å². The van der Waals surface area contributed by atoms with Crippen molar-refractivity contribution in [2.24, 2.45) is 0 Å². The minimum Gasteiger partial charge on any atom is -0.316 e. The number of aromatic nitrogens is 2. The molecule has 1 amide bonds. The zero-order valence-electron chi connectivity index (χ0n) is 14.0. The summed E-state index contributed by atoms with van der Waals surface area (Å²) in [6, 6.07) is 11.3. The Balaban J connectivity index is 1.79. The van der Waals surface area contributed by atoms with Crippen LogP contribution in [-0.4, -0.2) is 21.5 Å². The molecule has 26 heavy (non-hydrogen) atoms. The Labute approximate surface area is 147 Å². The van der Waals surface area contributed by atoms with Crippen LogP contribution in [0.3, 0.4) is 0 Å². The van der Waals surface area contributed by atoms with Crippen LogP contribution in [0.25, 0.3) is 11.0 Å². The van der Waals surface area contributed by atoms with E-state index in [2.05, 4.69) is 4.98 Å². The second-order valence-electron chi connectivity index (χ2n) is 6.45. The SMILES string of the molecule is CC1Cc2ccccc2N1C(=O)Cn1c(=O)c(=O)[nH]c2cc(F)ccc21. The summed E-state index contributed by atoms with van der Waals surface area (Å²) in [6.07, 6.45) is 0.734. The summed E-state index contributed by atoms with van der Waals surface area (Å²) in [5.74, 6) is -0.826. The average Bonchev–Trinajstić information content (AvgIpc) is 2.94. The molecule has 0 radical (unpaired) electrons. The van der Waals surface area contributed by atoms with Crippen LogP contribution in [0, 0.1) is 5.82 Å². The molecule has 0 saturated carbocycles. The van der Waals surface area contributed by atoms with E-state index in [4.69, 9.17) is 0 Å². The second-order valence-corrected chi connectivity index (χ2v) is 6.45. The molecule has 2 heterocycles. The third kappa shape index (κ3) is 2.52. The van der Waals surface area contributed by atoms with E-state index in [1.165, 1.54) is 12.1 Å². The molecule has 1 atom stereocenters. The Bertz CT molecular complexity index is 1150. The molecule has 0 spiro atoms. The highest BCUT2D eigenvalue weighted by Crippen LogP contribution is 2.32. The molecule has 1 aliphatic heterocycles. The molecule has 1 aromatic heterocycles. The van der Waals surface area contributed by atoms with Gasteiger partial charge in [0, 0.05) is 11.7 Å². The highest BCUT2D eigenvalue weighted by Gasteiger charge is 2.31. The molecule has 132 valence electrons. The summed E-state index contributed by atoms with van der Waals surface area (Å²) in [7, 11) is 0. The number of hydrogen-bond donors (Lipinski definition) is 1. The smallest absolute Gasteiger partial charge is 0.316 e. The minimum absolute atomic E-state index is 0.0405. The third-order valence-corrected chi connectivity index (χ3v) is 4.71. The fourth-order valence-electron chi connectivity index (χ4n) is 3.57. The molecule has 1 unspecified atom stereocenters. The number of amides is 1. The van der Waals surface area contributed by atoms with Gasteiger partial charge in [0.25, 0.3) is 0 Å². The van der Waals surface area contributed by atoms with Gasteiger partial charge in [-0.1, -0.05) is 18.2 Å². The van der Waals surface area contributed by atoms with Gasteiger partial charge in [0.15, 0.2) is 0 Å². The summed E-state index contributed by atoms with van der Waals surface area (Å²) in [6.45, 7) is 1.65. The molecule has 2 aromatic carbocycles. The van der Waals surface area contributed by atoms with Crippen molar-refractivity contribution in [1.82, 2.24) is 9.55 Å². The monoisotopic (exact) mass is 353 g/mol. The fourth-order valence-corrected chi connectivity index (χ4v) is 3.57. The van der Waals surface area contributed by atoms with Gasteiger partial charge in [0.2, 0.25) is 5.91 Å². The van der Waals surface area contributed by atoms with Crippen molar-refractivity contribution < 1.29 is 9.18 Å². The number of H-pyrrole nitrogens is 1. The maximum Gasteiger partial charge on any atom is 0.317 e. The maximum absolute atomic E-state index is 13.4. The van der Waals surface area contributed by atoms with Crippen molar-refractivity contribution in [3.05, 3.63) is 74.6 Å². The van der Waals surface area contributed by atoms with Crippen LogP contribution in [0.2, 0.25) is 0 Å². The molecule has 3 aromatic rings. The van der Waals surface area contributed by atoms with Crippen molar-refractivity contribution in [1.29, 1.82) is 0 Å². The molecule has 0 aliphatic carbocycles. The maximum atomic E-state index is 13.4. The summed E-state index contributed by atoms with van der Waals surface area (Å²) in [4.78, 5) is 41.1. The number of halogens is 1. The van der Waals surface area contributed by atoms with E-state index >= 15 is 0 Å². The van der Waals surface area contributed by atoms with Gasteiger partial charge < -0.3 is 9.88 Å². The van der Waals surface area contributed by atoms with E-state index in [0.717, 1.165) is 28.3 Å². The number of hydrogen-bond acceptors (Lipinski definition) is 3. The molecule has 4 rings (SSSR count). The van der Waals surface area contributed by atoms with Crippen molar-refractivity contribution >= 4 is 22.6 Å². The molecule has 0 fully saturated rings. The van der Waals surface area contributed by atoms with Crippen molar-refractivity contribution in [2.45, 2.75) is 25.9 Å². The Kier molecular flexibility index (Phi) is 3.72. The van der Waals surface area contributed by atoms with E-state index in [0.29, 0.717) is 5.52 Å². The Morgan fingerprint density at radius 3 is 2.81 bits per heavy atom. The predicted molar refractivity (Wildman–Crippen MR) is 95.9 cm³/mol. The first-order valence-electron chi connectivity index (χ1n) is 8.28. The number of carbonyl (C=O) groups excluding carboxylic acids is 1. The zero-order chi connectivity index (χ0) is 18.4. The number of benzene rings is 2. The van der Waals surface area contributed by atoms with Crippen LogP contribution < -0.4 is 16.0 Å². The first kappa shape index (κ1) is 16.3. The summed E-state index contributed by atoms with van der Waals surface area (Å²) in [5.41, 5.74) is 0.655. The molecular weight excluding hydrogens is 337 g/mol. The number of aromatic amines is 1. The molecule has 6 nitrogen and oxygen atoms in total. The van der Waals surface area contributed by atoms with Crippen LogP contribution in [0.1, 0.15) is 12.5 Å². The van der Waals surface area contributed by atoms with Gasteiger partial charge in [0.05, 0.1) is 11.0 Å². The number of nitrogens with zero attached hydrogens (tertiary/aromatic N) is 2. The fraction of sp³-hybridized carbons (Fsp3) is 0.211. The first-order valence-corrected chi connectivity index (χ1v) is 8.28. The summed E-state index contributed by atoms with van der Waals surface area (Å²) in [5, 5.41) is 0. The minimum atomic E-state index is -0.884. The van der Waals surface area contributed by atoms with Gasteiger partial charge in [-0.3, -0.25) is 19.0 Å². The quantitative estimate of drug-likeness (QED) is 0.714. The van der Waals surface area contributed by atoms with Crippen molar-refractivity contribution in [3.8, 4) is 0 Å². The zero-order valence-corrected chi connectivity index (χ0v) is 14.0. The van der Waals surface area contributed by atoms with E-state index in [1.807, 2.05) is 31.2 Å². The topological polar surface area (TPSA) is 75.2 Å². The van der Waals surface area contributed by atoms with Gasteiger partial charge in [-0.25, -0.2) is 4.39 Å². The number of nitrogens with one attached hydrogen (secondary N) is 1. The highest BCUT2D eigenvalue weighted by atomic mass is 19.1. The lowest BCUT2D eigenvalue weighted by Crippen LogP contribution is -2.43. The van der Waals surface area contributed by atoms with Crippen LogP contribution >= 0.6 is 0 Å². The summed E-state index contributed by atoms with van der Waals surface area (Å²) >= 11 is 0. The molecule has 7 heteroatoms. The normalized spacial score (nSPS) is 16.1. The van der Waals surface area contributed by atoms with Crippen LogP contribution in [0.15, 0.2) is 52.1 Å². The van der Waals surface area contributed by atoms with Crippen molar-refractivity contribution in [3.63, 3.8) is 0 Å². The van der Waals surface area contributed by atoms with Gasteiger partial charge in [-0.05, 0) is 43.2 Å². The Hall–Kier alpha value is -3.22. The second kappa shape index (κ2) is 5.94. The predicted octanol–water partition coefficient (Wildman–Crippen LogP) is 1.81. The standard InChI is InChI=1S/C19H16FN3O3/c1-11-8-12-4-2-3-5-15(12)23(11)17(24)10-22-16-7-6-13(20)9-14(16)21-18(25)19(22)26/h2-7,9,11H,8,10H2,1H3,(H,21,25). The van der Waals surface area contributed by atoms with Crippen molar-refractivity contribution in [2.75, 3.05) is 4.90 Å². The van der Waals surface area contributed by atoms with E-state index < -0.39 is 16.9 Å². The van der Waals surface area contributed by atoms with Crippen LogP contribution in [0.4, 0.5) is 10.1 Å². The molecule has 1 aliphatic rings. The third-order valence-electron chi connectivity index (χ3n) is 4.71. The van der Waals surface area contributed by atoms with Gasteiger partial charge >= 0.3 is 11.1 Å². The number of anilines is 1. The lowest BCUT2D eigenvalue weighted by molar-refractivity contribution is -0.119. The van der Waals surface area contributed by atoms with E-state index in [9.17, 15) is 18.8 Å². The average molecular weight is 353 g/mol. The molecule has 0 saturated heterocycles. The van der Waals surface area contributed by atoms with E-state index in [-0.39, 0.29) is 24.0 Å². The largest absolute Gasteiger partial charge is 0.317 e. The van der Waals surface area contributed by atoms with E-state index in [1.54, 1.807) is 4.90 Å². The number of rotatable bonds is 2. The summed E-state index contributed by atoms with van der Waals surface area (Å²) < 4.78 is 14.5. The first-order chi connectivity index (χ1) is 12.5. The van der Waals surface area contributed by atoms with Gasteiger partial charge in [0.1, 0.15) is 12.4 Å². The van der Waals surface area contributed by atoms with Crippen LogP contribution in [0.5, 0.6) is 0 Å². The molecular formula is C19H16FN3O3.